The van der Waals surface area contributed by atoms with Crippen molar-refractivity contribution in [1.82, 2.24) is 15.5 Å². The van der Waals surface area contributed by atoms with Gasteiger partial charge in [-0.15, -0.1) is 0 Å². The summed E-state index contributed by atoms with van der Waals surface area (Å²) in [5.74, 6) is -0.338. The molecular formula is C11H21N3O3. The fourth-order valence-corrected chi connectivity index (χ4v) is 2.23. The van der Waals surface area contributed by atoms with Crippen molar-refractivity contribution in [3.05, 3.63) is 0 Å². The molecule has 0 radical (unpaired) electrons. The van der Waals surface area contributed by atoms with Gasteiger partial charge in [0.25, 0.3) is 0 Å². The molecule has 1 amide bonds. The summed E-state index contributed by atoms with van der Waals surface area (Å²) >= 11 is 0. The molecule has 0 aromatic rings. The standard InChI is InChI=1S/C11H21N3O3/c15-10-8-12-7-9(10)11(16)13-1-2-14-3-5-17-6-4-14/h9-10,12,15H,1-8H2,(H,13,16). The van der Waals surface area contributed by atoms with E-state index in [1.807, 2.05) is 0 Å². The molecule has 0 saturated carbocycles. The third-order valence-electron chi connectivity index (χ3n) is 3.35. The Hall–Kier alpha value is -0.690. The fourth-order valence-electron chi connectivity index (χ4n) is 2.23. The monoisotopic (exact) mass is 243 g/mol. The summed E-state index contributed by atoms with van der Waals surface area (Å²) in [6.07, 6.45) is -0.543. The predicted octanol–water partition coefficient (Wildman–Crippen LogP) is -1.98. The second-order valence-corrected chi connectivity index (χ2v) is 4.58. The van der Waals surface area contributed by atoms with E-state index in [1.165, 1.54) is 0 Å². The first-order chi connectivity index (χ1) is 8.27. The van der Waals surface area contributed by atoms with Crippen LogP contribution in [0.15, 0.2) is 0 Å². The Balaban J connectivity index is 1.62. The van der Waals surface area contributed by atoms with Crippen LogP contribution in [0, 0.1) is 5.92 Å². The summed E-state index contributed by atoms with van der Waals surface area (Å²) in [6.45, 7) is 6.00. The summed E-state index contributed by atoms with van der Waals surface area (Å²) < 4.78 is 5.25. The highest BCUT2D eigenvalue weighted by molar-refractivity contribution is 5.79. The number of nitrogens with zero attached hydrogens (tertiary/aromatic N) is 1. The van der Waals surface area contributed by atoms with Crippen LogP contribution in [0.1, 0.15) is 0 Å². The Labute approximate surface area is 101 Å². The van der Waals surface area contributed by atoms with Crippen molar-refractivity contribution in [2.75, 3.05) is 52.5 Å². The number of aliphatic hydroxyl groups is 1. The average molecular weight is 243 g/mol. The van der Waals surface area contributed by atoms with Crippen LogP contribution in [0.4, 0.5) is 0 Å². The second kappa shape index (κ2) is 6.30. The first kappa shape index (κ1) is 12.8. The lowest BCUT2D eigenvalue weighted by molar-refractivity contribution is -0.126. The third kappa shape index (κ3) is 3.64. The number of hydrogen-bond donors (Lipinski definition) is 3. The number of ether oxygens (including phenoxy) is 1. The van der Waals surface area contributed by atoms with Crippen LogP contribution in [0.2, 0.25) is 0 Å². The van der Waals surface area contributed by atoms with Gasteiger partial charge in [0.2, 0.25) is 5.91 Å². The number of carbonyl (C=O) groups is 1. The highest BCUT2D eigenvalue weighted by atomic mass is 16.5. The molecule has 98 valence electrons. The first-order valence-corrected chi connectivity index (χ1v) is 6.24. The van der Waals surface area contributed by atoms with E-state index < -0.39 is 6.10 Å². The van der Waals surface area contributed by atoms with Crippen molar-refractivity contribution in [3.63, 3.8) is 0 Å². The first-order valence-electron chi connectivity index (χ1n) is 6.24. The maximum absolute atomic E-state index is 11.7. The molecule has 0 aliphatic carbocycles. The normalized spacial score (nSPS) is 30.4. The van der Waals surface area contributed by atoms with Gasteiger partial charge in [-0.25, -0.2) is 0 Å². The molecule has 17 heavy (non-hydrogen) atoms. The van der Waals surface area contributed by atoms with Gasteiger partial charge in [0.15, 0.2) is 0 Å². The summed E-state index contributed by atoms with van der Waals surface area (Å²) in [5, 5.41) is 15.4. The van der Waals surface area contributed by atoms with Gasteiger partial charge in [-0.3, -0.25) is 9.69 Å². The molecule has 2 aliphatic rings. The van der Waals surface area contributed by atoms with Crippen LogP contribution >= 0.6 is 0 Å². The molecule has 0 bridgehead atoms. The summed E-state index contributed by atoms with van der Waals surface area (Å²) in [7, 11) is 0. The van der Waals surface area contributed by atoms with Gasteiger partial charge < -0.3 is 20.5 Å². The molecule has 2 heterocycles. The number of hydrogen-bond acceptors (Lipinski definition) is 5. The van der Waals surface area contributed by atoms with E-state index in [9.17, 15) is 9.90 Å². The zero-order valence-electron chi connectivity index (χ0n) is 10.0. The second-order valence-electron chi connectivity index (χ2n) is 4.58. The molecule has 0 spiro atoms. The molecule has 2 unspecified atom stereocenters. The van der Waals surface area contributed by atoms with Gasteiger partial charge in [0, 0.05) is 39.3 Å². The van der Waals surface area contributed by atoms with Crippen LogP contribution in [0.25, 0.3) is 0 Å². The highest BCUT2D eigenvalue weighted by Gasteiger charge is 2.30. The largest absolute Gasteiger partial charge is 0.391 e. The number of amides is 1. The lowest BCUT2D eigenvalue weighted by Crippen LogP contribution is -2.43. The lowest BCUT2D eigenvalue weighted by atomic mass is 10.1. The van der Waals surface area contributed by atoms with Crippen molar-refractivity contribution < 1.29 is 14.6 Å². The molecule has 6 heteroatoms. The topological polar surface area (TPSA) is 73.8 Å². The summed E-state index contributed by atoms with van der Waals surface area (Å²) in [4.78, 5) is 14.0. The van der Waals surface area contributed by atoms with Crippen LogP contribution in [-0.4, -0.2) is 74.5 Å². The molecule has 2 rings (SSSR count). The van der Waals surface area contributed by atoms with E-state index in [0.717, 1.165) is 32.8 Å². The van der Waals surface area contributed by atoms with Crippen molar-refractivity contribution in [2.45, 2.75) is 6.10 Å². The Kier molecular flexibility index (Phi) is 4.73. The Bertz CT molecular complexity index is 256. The molecule has 6 nitrogen and oxygen atoms in total. The molecule has 2 atom stereocenters. The average Bonchev–Trinajstić information content (AvgIpc) is 2.77. The van der Waals surface area contributed by atoms with Gasteiger partial charge in [-0.05, 0) is 0 Å². The molecule has 3 N–H and O–H groups in total. The van der Waals surface area contributed by atoms with Gasteiger partial charge in [0.05, 0.1) is 25.2 Å². The SMILES string of the molecule is O=C(NCCN1CCOCC1)C1CNCC1O. The number of morpholine rings is 1. The van der Waals surface area contributed by atoms with Crippen molar-refractivity contribution in [2.24, 2.45) is 5.92 Å². The van der Waals surface area contributed by atoms with Gasteiger partial charge in [-0.2, -0.15) is 0 Å². The molecule has 0 aromatic carbocycles. The maximum atomic E-state index is 11.7. The van der Waals surface area contributed by atoms with Gasteiger partial charge >= 0.3 is 0 Å². The predicted molar refractivity (Wildman–Crippen MR) is 62.6 cm³/mol. The Morgan fingerprint density at radius 2 is 2.18 bits per heavy atom. The number of rotatable bonds is 4. The minimum atomic E-state index is -0.543. The summed E-state index contributed by atoms with van der Waals surface area (Å²) in [6, 6.07) is 0. The fraction of sp³-hybridized carbons (Fsp3) is 0.909. The van der Waals surface area contributed by atoms with Crippen molar-refractivity contribution in [1.29, 1.82) is 0 Å². The smallest absolute Gasteiger partial charge is 0.227 e. The quantitative estimate of drug-likeness (QED) is 0.533. The zero-order valence-corrected chi connectivity index (χ0v) is 10.0. The minimum absolute atomic E-state index is 0.0456. The summed E-state index contributed by atoms with van der Waals surface area (Å²) in [5.41, 5.74) is 0. The van der Waals surface area contributed by atoms with E-state index >= 15 is 0 Å². The molecule has 2 saturated heterocycles. The van der Waals surface area contributed by atoms with Crippen LogP contribution in [0.3, 0.4) is 0 Å². The number of nitrogens with one attached hydrogen (secondary N) is 2. The maximum Gasteiger partial charge on any atom is 0.227 e. The van der Waals surface area contributed by atoms with Crippen LogP contribution in [0.5, 0.6) is 0 Å². The molecular weight excluding hydrogens is 222 g/mol. The molecule has 2 fully saturated rings. The minimum Gasteiger partial charge on any atom is -0.391 e. The molecule has 0 aromatic heterocycles. The number of β-amino-alcohol motifs (C(OH)–C–C–N with tert-alkyl or cyclic N) is 1. The van der Waals surface area contributed by atoms with Gasteiger partial charge in [-0.1, -0.05) is 0 Å². The van der Waals surface area contributed by atoms with Crippen LogP contribution in [-0.2, 0) is 9.53 Å². The van der Waals surface area contributed by atoms with E-state index in [1.54, 1.807) is 0 Å². The van der Waals surface area contributed by atoms with Crippen molar-refractivity contribution >= 4 is 5.91 Å². The van der Waals surface area contributed by atoms with E-state index in [2.05, 4.69) is 15.5 Å². The third-order valence-corrected chi connectivity index (χ3v) is 3.35. The lowest BCUT2D eigenvalue weighted by Gasteiger charge is -2.26. The van der Waals surface area contributed by atoms with Gasteiger partial charge in [0.1, 0.15) is 0 Å². The number of aliphatic hydroxyl groups excluding tert-OH is 1. The van der Waals surface area contributed by atoms with Crippen molar-refractivity contribution in [3.8, 4) is 0 Å². The van der Waals surface area contributed by atoms with E-state index in [-0.39, 0.29) is 11.8 Å². The van der Waals surface area contributed by atoms with Crippen LogP contribution < -0.4 is 10.6 Å². The number of carbonyl (C=O) groups excluding carboxylic acids is 1. The zero-order chi connectivity index (χ0) is 12.1. The molecule has 2 aliphatic heterocycles. The Morgan fingerprint density at radius 3 is 2.82 bits per heavy atom. The Morgan fingerprint density at radius 1 is 1.41 bits per heavy atom. The highest BCUT2D eigenvalue weighted by Crippen LogP contribution is 2.08. The van der Waals surface area contributed by atoms with E-state index in [0.29, 0.717) is 19.6 Å². The van der Waals surface area contributed by atoms with E-state index in [4.69, 9.17) is 4.74 Å².